The van der Waals surface area contributed by atoms with Gasteiger partial charge in [0.25, 0.3) is 5.89 Å². The second-order valence-electron chi connectivity index (χ2n) is 7.19. The van der Waals surface area contributed by atoms with Gasteiger partial charge in [-0.25, -0.2) is 0 Å². The molecule has 0 amide bonds. The van der Waals surface area contributed by atoms with Gasteiger partial charge in [0.05, 0.1) is 13.2 Å². The molecule has 1 atom stereocenters. The lowest BCUT2D eigenvalue weighted by molar-refractivity contribution is 0.190. The highest BCUT2D eigenvalue weighted by Gasteiger charge is 2.28. The molecule has 1 N–H and O–H groups in total. The van der Waals surface area contributed by atoms with Gasteiger partial charge in [-0.15, -0.1) is 12.4 Å². The Bertz CT molecular complexity index is 1140. The van der Waals surface area contributed by atoms with Crippen LogP contribution < -0.4 is 10.1 Å². The first kappa shape index (κ1) is 20.4. The average Bonchev–Trinajstić information content (AvgIpc) is 3.39. The van der Waals surface area contributed by atoms with E-state index in [0.29, 0.717) is 17.5 Å². The molecule has 2 aromatic carbocycles. The summed E-state index contributed by atoms with van der Waals surface area (Å²) in [6.07, 6.45) is 0. The maximum atomic E-state index is 6.20. The molecule has 0 aliphatic carbocycles. The van der Waals surface area contributed by atoms with Gasteiger partial charge < -0.3 is 19.0 Å². The summed E-state index contributed by atoms with van der Waals surface area (Å²) in [5.74, 6) is 2.35. The lowest BCUT2D eigenvalue weighted by atomic mass is 10.0. The van der Waals surface area contributed by atoms with Crippen molar-refractivity contribution in [3.8, 4) is 28.5 Å². The summed E-state index contributed by atoms with van der Waals surface area (Å²) in [5, 5.41) is 8.61. The molecule has 1 aliphatic heterocycles. The molecule has 1 saturated heterocycles. The molecule has 5 rings (SSSR count). The van der Waals surface area contributed by atoms with Crippen LogP contribution in [0, 0.1) is 0 Å². The molecule has 1 fully saturated rings. The van der Waals surface area contributed by atoms with Gasteiger partial charge in [-0.2, -0.15) is 4.98 Å². The van der Waals surface area contributed by atoms with Crippen LogP contribution in [0.3, 0.4) is 0 Å². The maximum Gasteiger partial charge on any atom is 0.294 e. The fraction of sp³-hybridized carbons (Fsp3) is 0.273. The van der Waals surface area contributed by atoms with Gasteiger partial charge in [0, 0.05) is 36.7 Å². The summed E-state index contributed by atoms with van der Waals surface area (Å²) < 4.78 is 17.2. The van der Waals surface area contributed by atoms with Crippen molar-refractivity contribution in [2.75, 3.05) is 33.8 Å². The van der Waals surface area contributed by atoms with Crippen molar-refractivity contribution in [3.05, 3.63) is 54.4 Å². The molecule has 8 heteroatoms. The minimum absolute atomic E-state index is 0. The number of methoxy groups -OCH3 is 1. The predicted molar refractivity (Wildman–Crippen MR) is 117 cm³/mol. The number of aromatic nitrogens is 2. The molecule has 1 unspecified atom stereocenters. The van der Waals surface area contributed by atoms with Crippen molar-refractivity contribution in [1.82, 2.24) is 20.4 Å². The first-order valence-electron chi connectivity index (χ1n) is 9.65. The summed E-state index contributed by atoms with van der Waals surface area (Å²) in [7, 11) is 3.71. The highest BCUT2D eigenvalue weighted by atomic mass is 35.5. The number of hydrogen-bond donors (Lipinski definition) is 1. The van der Waals surface area contributed by atoms with E-state index < -0.39 is 0 Å². The van der Waals surface area contributed by atoms with E-state index in [1.807, 2.05) is 48.5 Å². The van der Waals surface area contributed by atoms with Gasteiger partial charge in [0.15, 0.2) is 5.82 Å². The number of hydrogen-bond acceptors (Lipinski definition) is 7. The van der Waals surface area contributed by atoms with Crippen molar-refractivity contribution >= 4 is 23.4 Å². The Morgan fingerprint density at radius 3 is 2.77 bits per heavy atom. The summed E-state index contributed by atoms with van der Waals surface area (Å²) in [5.41, 5.74) is 2.69. The van der Waals surface area contributed by atoms with E-state index in [1.54, 1.807) is 7.11 Å². The van der Waals surface area contributed by atoms with Crippen LogP contribution >= 0.6 is 12.4 Å². The Morgan fingerprint density at radius 1 is 1.17 bits per heavy atom. The van der Waals surface area contributed by atoms with Crippen LogP contribution in [0.1, 0.15) is 11.9 Å². The van der Waals surface area contributed by atoms with Crippen molar-refractivity contribution in [2.45, 2.75) is 6.04 Å². The normalized spacial score (nSPS) is 17.1. The Morgan fingerprint density at radius 2 is 2.00 bits per heavy atom. The summed E-state index contributed by atoms with van der Waals surface area (Å²) in [4.78, 5) is 6.92. The Labute approximate surface area is 180 Å². The number of benzene rings is 2. The standard InChI is InChI=1S/C22H22N4O3.ClH/c1-26-11-10-23-13-17(26)21-24-22(29-25-21)20-19(14-6-4-3-5-7-14)16-9-8-15(27-2)12-18(16)28-20;/h3-9,12,17,23H,10-11,13H2,1-2H3;1H. The van der Waals surface area contributed by atoms with Crippen LogP contribution in [0.4, 0.5) is 0 Å². The van der Waals surface area contributed by atoms with Crippen molar-refractivity contribution in [3.63, 3.8) is 0 Å². The SMILES string of the molecule is COc1ccc2c(-c3ccccc3)c(-c3nc(C4CNCCN4C)no3)oc2c1.Cl. The van der Waals surface area contributed by atoms with Gasteiger partial charge in [0.2, 0.25) is 5.76 Å². The topological polar surface area (TPSA) is 76.6 Å². The number of rotatable bonds is 4. The second kappa shape index (κ2) is 8.47. The molecule has 1 aliphatic rings. The van der Waals surface area contributed by atoms with Crippen molar-refractivity contribution in [1.29, 1.82) is 0 Å². The van der Waals surface area contributed by atoms with E-state index in [-0.39, 0.29) is 18.4 Å². The number of ether oxygens (including phenoxy) is 1. The Kier molecular flexibility index (Phi) is 5.76. The molecule has 7 nitrogen and oxygen atoms in total. The summed E-state index contributed by atoms with van der Waals surface area (Å²) in [6.45, 7) is 2.69. The molecule has 30 heavy (non-hydrogen) atoms. The van der Waals surface area contributed by atoms with E-state index in [1.165, 1.54) is 0 Å². The largest absolute Gasteiger partial charge is 0.497 e. The highest BCUT2D eigenvalue weighted by Crippen LogP contribution is 2.41. The van der Waals surface area contributed by atoms with Crippen LogP contribution in [0.15, 0.2) is 57.5 Å². The van der Waals surface area contributed by atoms with Crippen LogP contribution in [-0.2, 0) is 0 Å². The zero-order valence-electron chi connectivity index (χ0n) is 16.8. The van der Waals surface area contributed by atoms with E-state index >= 15 is 0 Å². The van der Waals surface area contributed by atoms with E-state index in [4.69, 9.17) is 18.7 Å². The lowest BCUT2D eigenvalue weighted by Gasteiger charge is -2.30. The summed E-state index contributed by atoms with van der Waals surface area (Å²) in [6, 6.07) is 16.0. The number of fused-ring (bicyclic) bond motifs is 1. The fourth-order valence-electron chi connectivity index (χ4n) is 3.80. The van der Waals surface area contributed by atoms with E-state index in [0.717, 1.165) is 47.5 Å². The molecule has 156 valence electrons. The number of piperazine rings is 1. The monoisotopic (exact) mass is 426 g/mol. The van der Waals surface area contributed by atoms with Gasteiger partial charge in [-0.3, -0.25) is 4.90 Å². The third kappa shape index (κ3) is 3.56. The lowest BCUT2D eigenvalue weighted by Crippen LogP contribution is -2.44. The van der Waals surface area contributed by atoms with Crippen LogP contribution in [0.2, 0.25) is 0 Å². The summed E-state index contributed by atoms with van der Waals surface area (Å²) >= 11 is 0. The number of likely N-dealkylation sites (N-methyl/N-ethyl adjacent to an activating group) is 1. The predicted octanol–water partition coefficient (Wildman–Crippen LogP) is 4.16. The molecule has 0 spiro atoms. The molecular weight excluding hydrogens is 404 g/mol. The van der Waals surface area contributed by atoms with E-state index in [9.17, 15) is 0 Å². The fourth-order valence-corrected chi connectivity index (χ4v) is 3.80. The minimum Gasteiger partial charge on any atom is -0.497 e. The van der Waals surface area contributed by atoms with Gasteiger partial charge in [0.1, 0.15) is 11.3 Å². The van der Waals surface area contributed by atoms with Crippen LogP contribution in [0.5, 0.6) is 5.75 Å². The molecule has 2 aromatic heterocycles. The van der Waals surface area contributed by atoms with Crippen LogP contribution in [-0.4, -0.2) is 48.8 Å². The highest BCUT2D eigenvalue weighted by molar-refractivity contribution is 6.01. The average molecular weight is 427 g/mol. The number of halogens is 1. The second-order valence-corrected chi connectivity index (χ2v) is 7.19. The smallest absolute Gasteiger partial charge is 0.294 e. The molecule has 0 saturated carbocycles. The van der Waals surface area contributed by atoms with Crippen molar-refractivity contribution in [2.24, 2.45) is 0 Å². The zero-order valence-corrected chi connectivity index (χ0v) is 17.6. The maximum absolute atomic E-state index is 6.20. The Hall–Kier alpha value is -2.87. The molecule has 0 radical (unpaired) electrons. The van der Waals surface area contributed by atoms with Gasteiger partial charge >= 0.3 is 0 Å². The van der Waals surface area contributed by atoms with Gasteiger partial charge in [-0.05, 0) is 24.7 Å². The zero-order chi connectivity index (χ0) is 19.8. The third-order valence-corrected chi connectivity index (χ3v) is 5.40. The van der Waals surface area contributed by atoms with Crippen molar-refractivity contribution < 1.29 is 13.7 Å². The Balaban J connectivity index is 0.00000218. The number of nitrogens with zero attached hydrogens (tertiary/aromatic N) is 3. The molecule has 3 heterocycles. The first-order chi connectivity index (χ1) is 14.2. The molecule has 4 aromatic rings. The third-order valence-electron chi connectivity index (χ3n) is 5.40. The molecule has 0 bridgehead atoms. The molecular formula is C22H23ClN4O3. The minimum atomic E-state index is 0. The quantitative estimate of drug-likeness (QED) is 0.525. The van der Waals surface area contributed by atoms with E-state index in [2.05, 4.69) is 22.4 Å². The number of furan rings is 1. The number of nitrogens with one attached hydrogen (secondary N) is 1. The first-order valence-corrected chi connectivity index (χ1v) is 9.65. The van der Waals surface area contributed by atoms with Crippen LogP contribution in [0.25, 0.3) is 33.7 Å². The van der Waals surface area contributed by atoms with Gasteiger partial charge in [-0.1, -0.05) is 35.5 Å².